The van der Waals surface area contributed by atoms with E-state index in [-0.39, 0.29) is 0 Å². The quantitative estimate of drug-likeness (QED) is 0.372. The van der Waals surface area contributed by atoms with Gasteiger partial charge in [0.15, 0.2) is 0 Å². The molecule has 6 heteroatoms. The van der Waals surface area contributed by atoms with E-state index in [9.17, 15) is 5.11 Å². The molecule has 1 aromatic carbocycles. The monoisotopic (exact) mass is 360 g/mol. The van der Waals surface area contributed by atoms with Crippen LogP contribution in [0.2, 0.25) is 0 Å². The SMILES string of the molecule is CCCCCCCCCCCCc1ccccc1O.O=S(=O)(O)O. The first kappa shape index (κ1) is 22.9. The second-order valence-electron chi connectivity index (χ2n) is 6.01. The largest absolute Gasteiger partial charge is 0.508 e. The molecular weight excluding hydrogens is 328 g/mol. The highest BCUT2D eigenvalue weighted by Crippen LogP contribution is 2.19. The topological polar surface area (TPSA) is 94.8 Å². The molecule has 1 rings (SSSR count). The average molecular weight is 361 g/mol. The summed E-state index contributed by atoms with van der Waals surface area (Å²) in [4.78, 5) is 0. The molecule has 0 heterocycles. The lowest BCUT2D eigenvalue weighted by atomic mass is 10.0. The molecule has 1 aromatic rings. The minimum atomic E-state index is -4.67. The summed E-state index contributed by atoms with van der Waals surface area (Å²) in [5.74, 6) is 0.457. The molecular formula is C18H32O5S. The molecule has 0 saturated heterocycles. The van der Waals surface area contributed by atoms with E-state index in [0.29, 0.717) is 5.75 Å². The molecule has 5 nitrogen and oxygen atoms in total. The van der Waals surface area contributed by atoms with Gasteiger partial charge in [-0.05, 0) is 24.5 Å². The standard InChI is InChI=1S/C18H30O.H2O4S/c1-2-3-4-5-6-7-8-9-10-11-14-17-15-12-13-16-18(17)19;1-5(2,3)4/h12-13,15-16,19H,2-11,14H2,1H3;(H2,1,2,3,4). The fraction of sp³-hybridized carbons (Fsp3) is 0.667. The summed E-state index contributed by atoms with van der Waals surface area (Å²) in [6.45, 7) is 2.27. The van der Waals surface area contributed by atoms with Crippen molar-refractivity contribution in [3.63, 3.8) is 0 Å². The number of para-hydroxylation sites is 1. The average Bonchev–Trinajstić information content (AvgIpc) is 2.49. The second kappa shape index (κ2) is 14.3. The van der Waals surface area contributed by atoms with E-state index in [1.165, 1.54) is 64.2 Å². The molecule has 0 aliphatic rings. The molecule has 0 fully saturated rings. The predicted molar refractivity (Wildman–Crippen MR) is 97.8 cm³/mol. The molecule has 3 N–H and O–H groups in total. The van der Waals surface area contributed by atoms with Crippen LogP contribution >= 0.6 is 0 Å². The maximum absolute atomic E-state index is 9.65. The van der Waals surface area contributed by atoms with Crippen molar-refractivity contribution in [2.45, 2.75) is 77.6 Å². The van der Waals surface area contributed by atoms with Crippen LogP contribution < -0.4 is 0 Å². The summed E-state index contributed by atoms with van der Waals surface area (Å²) in [5.41, 5.74) is 1.10. The van der Waals surface area contributed by atoms with Crippen LogP contribution in [0.4, 0.5) is 0 Å². The molecule has 0 radical (unpaired) electrons. The molecule has 0 aliphatic carbocycles. The van der Waals surface area contributed by atoms with Gasteiger partial charge < -0.3 is 5.11 Å². The van der Waals surface area contributed by atoms with E-state index in [1.54, 1.807) is 6.07 Å². The van der Waals surface area contributed by atoms with Gasteiger partial charge in [0, 0.05) is 0 Å². The lowest BCUT2D eigenvalue weighted by molar-refractivity contribution is 0.381. The first-order valence-corrected chi connectivity index (χ1v) is 10.2. The Morgan fingerprint density at radius 3 is 1.67 bits per heavy atom. The normalized spacial score (nSPS) is 11.0. The fourth-order valence-corrected chi connectivity index (χ4v) is 2.53. The Morgan fingerprint density at radius 1 is 0.792 bits per heavy atom. The third-order valence-corrected chi connectivity index (χ3v) is 3.79. The Hall–Kier alpha value is -1.11. The highest BCUT2D eigenvalue weighted by molar-refractivity contribution is 7.79. The number of rotatable bonds is 11. The van der Waals surface area contributed by atoms with E-state index in [2.05, 4.69) is 6.92 Å². The lowest BCUT2D eigenvalue weighted by Crippen LogP contribution is -1.89. The molecule has 0 aromatic heterocycles. The minimum Gasteiger partial charge on any atom is -0.508 e. The summed E-state index contributed by atoms with van der Waals surface area (Å²) in [7, 11) is -4.67. The molecule has 0 bridgehead atoms. The number of hydrogen-bond acceptors (Lipinski definition) is 3. The van der Waals surface area contributed by atoms with Crippen molar-refractivity contribution in [2.24, 2.45) is 0 Å². The number of phenolic OH excluding ortho intramolecular Hbond substituents is 1. The van der Waals surface area contributed by atoms with Crippen LogP contribution in [-0.2, 0) is 16.8 Å². The van der Waals surface area contributed by atoms with Crippen molar-refractivity contribution in [2.75, 3.05) is 0 Å². The smallest absolute Gasteiger partial charge is 0.394 e. The van der Waals surface area contributed by atoms with Crippen molar-refractivity contribution in [1.82, 2.24) is 0 Å². The van der Waals surface area contributed by atoms with Gasteiger partial charge in [-0.3, -0.25) is 9.11 Å². The third kappa shape index (κ3) is 17.2. The fourth-order valence-electron chi connectivity index (χ4n) is 2.53. The molecule has 0 atom stereocenters. The molecule has 0 aliphatic heterocycles. The van der Waals surface area contributed by atoms with Gasteiger partial charge in [0.1, 0.15) is 5.75 Å². The molecule has 0 saturated carbocycles. The molecule has 140 valence electrons. The third-order valence-electron chi connectivity index (χ3n) is 3.79. The van der Waals surface area contributed by atoms with Crippen LogP contribution in [0.5, 0.6) is 5.75 Å². The zero-order valence-electron chi connectivity index (χ0n) is 14.7. The maximum Gasteiger partial charge on any atom is 0.394 e. The van der Waals surface area contributed by atoms with E-state index in [4.69, 9.17) is 17.5 Å². The number of hydrogen-bond donors (Lipinski definition) is 3. The van der Waals surface area contributed by atoms with Gasteiger partial charge in [-0.15, -0.1) is 0 Å². The zero-order valence-corrected chi connectivity index (χ0v) is 15.5. The second-order valence-corrected chi connectivity index (χ2v) is 6.90. The van der Waals surface area contributed by atoms with Crippen LogP contribution in [0.3, 0.4) is 0 Å². The van der Waals surface area contributed by atoms with E-state index in [1.807, 2.05) is 18.2 Å². The van der Waals surface area contributed by atoms with Gasteiger partial charge in [0.25, 0.3) is 0 Å². The first-order chi connectivity index (χ1) is 11.3. The lowest BCUT2D eigenvalue weighted by Gasteiger charge is -2.04. The van der Waals surface area contributed by atoms with Gasteiger partial charge in [-0.25, -0.2) is 0 Å². The van der Waals surface area contributed by atoms with Crippen molar-refractivity contribution in [3.05, 3.63) is 29.8 Å². The van der Waals surface area contributed by atoms with E-state index >= 15 is 0 Å². The molecule has 0 amide bonds. The van der Waals surface area contributed by atoms with Gasteiger partial charge in [0.2, 0.25) is 0 Å². The predicted octanol–water partition coefficient (Wildman–Crippen LogP) is 5.20. The summed E-state index contributed by atoms with van der Waals surface area (Å²) < 4.78 is 31.6. The van der Waals surface area contributed by atoms with Crippen LogP contribution in [-0.4, -0.2) is 22.6 Å². The Labute approximate surface area is 146 Å². The summed E-state index contributed by atoms with van der Waals surface area (Å²) in [5, 5.41) is 9.65. The van der Waals surface area contributed by atoms with Gasteiger partial charge >= 0.3 is 10.4 Å². The zero-order chi connectivity index (χ0) is 18.3. The molecule has 24 heavy (non-hydrogen) atoms. The van der Waals surface area contributed by atoms with Crippen molar-refractivity contribution in [3.8, 4) is 5.75 Å². The van der Waals surface area contributed by atoms with Crippen LogP contribution in [0.15, 0.2) is 24.3 Å². The number of benzene rings is 1. The Morgan fingerprint density at radius 2 is 1.21 bits per heavy atom. The van der Waals surface area contributed by atoms with Crippen molar-refractivity contribution < 1.29 is 22.6 Å². The van der Waals surface area contributed by atoms with Gasteiger partial charge in [0.05, 0.1) is 0 Å². The van der Waals surface area contributed by atoms with E-state index in [0.717, 1.165) is 12.0 Å². The van der Waals surface area contributed by atoms with Crippen molar-refractivity contribution >= 4 is 10.4 Å². The number of phenols is 1. The minimum absolute atomic E-state index is 0.457. The Kier molecular flexibility index (Phi) is 13.6. The summed E-state index contributed by atoms with van der Waals surface area (Å²) >= 11 is 0. The Bertz CT molecular complexity index is 506. The highest BCUT2D eigenvalue weighted by atomic mass is 32.3. The van der Waals surface area contributed by atoms with Crippen LogP contribution in [0.25, 0.3) is 0 Å². The van der Waals surface area contributed by atoms with Crippen LogP contribution in [0.1, 0.15) is 76.7 Å². The molecule has 0 unspecified atom stereocenters. The summed E-state index contributed by atoms with van der Waals surface area (Å²) in [6, 6.07) is 7.71. The van der Waals surface area contributed by atoms with Crippen LogP contribution in [0, 0.1) is 0 Å². The number of aryl methyl sites for hydroxylation is 1. The first-order valence-electron chi connectivity index (χ1n) is 8.81. The van der Waals surface area contributed by atoms with Crippen molar-refractivity contribution in [1.29, 1.82) is 0 Å². The Balaban J connectivity index is 0.000000922. The van der Waals surface area contributed by atoms with Gasteiger partial charge in [-0.2, -0.15) is 8.42 Å². The van der Waals surface area contributed by atoms with E-state index < -0.39 is 10.4 Å². The summed E-state index contributed by atoms with van der Waals surface area (Å²) in [6.07, 6.45) is 14.6. The number of unbranched alkanes of at least 4 members (excludes halogenated alkanes) is 9. The maximum atomic E-state index is 9.65. The number of aromatic hydroxyl groups is 1. The molecule has 0 spiro atoms. The van der Waals surface area contributed by atoms with Gasteiger partial charge in [-0.1, -0.05) is 82.9 Å². The highest BCUT2D eigenvalue weighted by Gasteiger charge is 1.99.